The molecule has 5 heteroatoms. The van der Waals surface area contributed by atoms with Gasteiger partial charge in [0.05, 0.1) is 12.6 Å². The van der Waals surface area contributed by atoms with Gasteiger partial charge in [-0.2, -0.15) is 0 Å². The van der Waals surface area contributed by atoms with Crippen molar-refractivity contribution in [2.24, 2.45) is 5.73 Å². The van der Waals surface area contributed by atoms with Gasteiger partial charge in [-0.25, -0.2) is 0 Å². The summed E-state index contributed by atoms with van der Waals surface area (Å²) in [4.78, 5) is 13.4. The lowest BCUT2D eigenvalue weighted by Crippen LogP contribution is -2.41. The predicted octanol–water partition coefficient (Wildman–Crippen LogP) is 2.13. The van der Waals surface area contributed by atoms with Crippen molar-refractivity contribution in [2.75, 3.05) is 7.05 Å². The van der Waals surface area contributed by atoms with E-state index in [1.807, 2.05) is 13.0 Å². The molecule has 0 fully saturated rings. The second-order valence-electron chi connectivity index (χ2n) is 3.80. The van der Waals surface area contributed by atoms with Crippen molar-refractivity contribution >= 4 is 21.8 Å². The first-order valence-corrected chi connectivity index (χ1v) is 6.08. The lowest BCUT2D eigenvalue weighted by molar-refractivity contribution is -0.132. The maximum absolute atomic E-state index is 11.8. The van der Waals surface area contributed by atoms with Gasteiger partial charge in [-0.3, -0.25) is 4.79 Å². The van der Waals surface area contributed by atoms with E-state index in [9.17, 15) is 4.79 Å². The fourth-order valence-corrected chi connectivity index (χ4v) is 1.81. The summed E-state index contributed by atoms with van der Waals surface area (Å²) in [6.07, 6.45) is 1.62. The summed E-state index contributed by atoms with van der Waals surface area (Å²) in [5.41, 5.74) is 5.76. The first-order valence-electron chi connectivity index (χ1n) is 5.29. The van der Waals surface area contributed by atoms with Gasteiger partial charge < -0.3 is 15.1 Å². The molecule has 1 aromatic rings. The molecule has 1 aromatic heterocycles. The highest BCUT2D eigenvalue weighted by Crippen LogP contribution is 2.15. The molecule has 0 aliphatic rings. The highest BCUT2D eigenvalue weighted by Gasteiger charge is 2.18. The van der Waals surface area contributed by atoms with Crippen molar-refractivity contribution in [3.05, 3.63) is 22.6 Å². The summed E-state index contributed by atoms with van der Waals surface area (Å²) in [5, 5.41) is 0. The third-order valence-corrected chi connectivity index (χ3v) is 2.74. The molecule has 4 nitrogen and oxygen atoms in total. The van der Waals surface area contributed by atoms with Crippen LogP contribution in [0.15, 0.2) is 21.2 Å². The molecule has 90 valence electrons. The molecule has 0 unspecified atom stereocenters. The van der Waals surface area contributed by atoms with E-state index in [0.717, 1.165) is 12.2 Å². The Balaban J connectivity index is 2.51. The number of halogens is 1. The molecule has 1 amide bonds. The zero-order valence-electron chi connectivity index (χ0n) is 9.57. The monoisotopic (exact) mass is 288 g/mol. The lowest BCUT2D eigenvalue weighted by atomic mass is 10.1. The number of carbonyl (C=O) groups excluding carboxylic acids is 1. The first kappa shape index (κ1) is 13.3. The van der Waals surface area contributed by atoms with E-state index in [1.165, 1.54) is 0 Å². The van der Waals surface area contributed by atoms with Crippen molar-refractivity contribution in [3.8, 4) is 0 Å². The molecule has 0 saturated heterocycles. The molecule has 0 spiro atoms. The number of hydrogen-bond donors (Lipinski definition) is 1. The number of rotatable bonds is 5. The number of nitrogens with two attached hydrogens (primary N) is 1. The average Bonchev–Trinajstić information content (AvgIpc) is 2.63. The molecular formula is C11H17BrN2O2. The minimum atomic E-state index is -0.409. The predicted molar refractivity (Wildman–Crippen MR) is 65.8 cm³/mol. The van der Waals surface area contributed by atoms with Gasteiger partial charge in [0.1, 0.15) is 5.76 Å². The Labute approximate surface area is 104 Å². The van der Waals surface area contributed by atoms with Crippen LogP contribution < -0.4 is 5.73 Å². The molecule has 16 heavy (non-hydrogen) atoms. The van der Waals surface area contributed by atoms with Crippen molar-refractivity contribution in [2.45, 2.75) is 32.4 Å². The molecule has 0 bridgehead atoms. The maximum atomic E-state index is 11.8. The van der Waals surface area contributed by atoms with Gasteiger partial charge in [0.15, 0.2) is 4.67 Å². The Bertz CT molecular complexity index is 352. The zero-order chi connectivity index (χ0) is 12.1. The Morgan fingerprint density at radius 3 is 2.81 bits per heavy atom. The molecule has 1 heterocycles. The largest absolute Gasteiger partial charge is 0.452 e. The van der Waals surface area contributed by atoms with Crippen molar-refractivity contribution in [1.29, 1.82) is 0 Å². The number of likely N-dealkylation sites (N-methyl/N-ethyl adjacent to an activating group) is 1. The number of hydrogen-bond acceptors (Lipinski definition) is 3. The van der Waals surface area contributed by atoms with Gasteiger partial charge in [0.2, 0.25) is 5.91 Å². The fraction of sp³-hybridized carbons (Fsp3) is 0.545. The van der Waals surface area contributed by atoms with Crippen LogP contribution in [0.5, 0.6) is 0 Å². The quantitative estimate of drug-likeness (QED) is 0.903. The number of carbonyl (C=O) groups is 1. The van der Waals surface area contributed by atoms with Crippen LogP contribution in [-0.2, 0) is 11.3 Å². The standard InChI is InChI=1S/C11H17BrN2O2/c1-3-4-9(13)11(15)14(2)7-8-5-6-10(12)16-8/h5-6,9H,3-4,7,13H2,1-2H3/t9-/m1/s1. The number of amides is 1. The fourth-order valence-electron chi connectivity index (χ4n) is 1.47. The summed E-state index contributed by atoms with van der Waals surface area (Å²) in [7, 11) is 1.73. The van der Waals surface area contributed by atoms with E-state index in [4.69, 9.17) is 10.2 Å². The minimum Gasteiger partial charge on any atom is -0.452 e. The van der Waals surface area contributed by atoms with E-state index in [1.54, 1.807) is 18.0 Å². The Kier molecular flexibility index (Phi) is 5.02. The van der Waals surface area contributed by atoms with Gasteiger partial charge in [-0.1, -0.05) is 13.3 Å². The topological polar surface area (TPSA) is 59.5 Å². The molecule has 0 saturated carbocycles. The molecule has 0 radical (unpaired) electrons. The normalized spacial score (nSPS) is 12.5. The summed E-state index contributed by atoms with van der Waals surface area (Å²) >= 11 is 3.22. The zero-order valence-corrected chi connectivity index (χ0v) is 11.2. The van der Waals surface area contributed by atoms with Crippen LogP contribution in [0.1, 0.15) is 25.5 Å². The Morgan fingerprint density at radius 1 is 1.62 bits per heavy atom. The van der Waals surface area contributed by atoms with Gasteiger partial charge in [-0.05, 0) is 34.5 Å². The summed E-state index contributed by atoms with van der Waals surface area (Å²) in [6, 6.07) is 3.23. The lowest BCUT2D eigenvalue weighted by Gasteiger charge is -2.19. The summed E-state index contributed by atoms with van der Waals surface area (Å²) < 4.78 is 5.99. The Morgan fingerprint density at radius 2 is 2.31 bits per heavy atom. The molecule has 1 atom stereocenters. The molecule has 0 aromatic carbocycles. The third-order valence-electron chi connectivity index (χ3n) is 2.31. The van der Waals surface area contributed by atoms with Crippen LogP contribution >= 0.6 is 15.9 Å². The second kappa shape index (κ2) is 6.06. The van der Waals surface area contributed by atoms with E-state index in [-0.39, 0.29) is 5.91 Å². The van der Waals surface area contributed by atoms with Crippen molar-refractivity contribution in [1.82, 2.24) is 4.90 Å². The van der Waals surface area contributed by atoms with Gasteiger partial charge in [0, 0.05) is 7.05 Å². The van der Waals surface area contributed by atoms with Gasteiger partial charge in [0.25, 0.3) is 0 Å². The van der Waals surface area contributed by atoms with Gasteiger partial charge >= 0.3 is 0 Å². The van der Waals surface area contributed by atoms with Crippen molar-refractivity contribution in [3.63, 3.8) is 0 Å². The van der Waals surface area contributed by atoms with E-state index < -0.39 is 6.04 Å². The minimum absolute atomic E-state index is 0.0469. The van der Waals surface area contributed by atoms with E-state index in [2.05, 4.69) is 15.9 Å². The Hall–Kier alpha value is -0.810. The number of furan rings is 1. The van der Waals surface area contributed by atoms with Crippen LogP contribution in [0.3, 0.4) is 0 Å². The smallest absolute Gasteiger partial charge is 0.239 e. The summed E-state index contributed by atoms with van der Waals surface area (Å²) in [5.74, 6) is 0.695. The van der Waals surface area contributed by atoms with Crippen LogP contribution in [-0.4, -0.2) is 23.9 Å². The average molecular weight is 289 g/mol. The van der Waals surface area contributed by atoms with Crippen LogP contribution in [0.2, 0.25) is 0 Å². The van der Waals surface area contributed by atoms with E-state index >= 15 is 0 Å². The van der Waals surface area contributed by atoms with E-state index in [0.29, 0.717) is 17.6 Å². The summed E-state index contributed by atoms with van der Waals surface area (Å²) in [6.45, 7) is 2.46. The second-order valence-corrected chi connectivity index (χ2v) is 4.58. The number of nitrogens with zero attached hydrogens (tertiary/aromatic N) is 1. The van der Waals surface area contributed by atoms with Crippen LogP contribution in [0, 0.1) is 0 Å². The van der Waals surface area contributed by atoms with Crippen molar-refractivity contribution < 1.29 is 9.21 Å². The molecule has 0 aliphatic heterocycles. The molecule has 2 N–H and O–H groups in total. The molecular weight excluding hydrogens is 272 g/mol. The third kappa shape index (κ3) is 3.64. The first-order chi connectivity index (χ1) is 7.54. The molecule has 1 rings (SSSR count). The highest BCUT2D eigenvalue weighted by atomic mass is 79.9. The SMILES string of the molecule is CCC[C@@H](N)C(=O)N(C)Cc1ccc(Br)o1. The maximum Gasteiger partial charge on any atom is 0.239 e. The van der Waals surface area contributed by atoms with Crippen LogP contribution in [0.4, 0.5) is 0 Å². The highest BCUT2D eigenvalue weighted by molar-refractivity contribution is 9.10. The molecule has 0 aliphatic carbocycles. The van der Waals surface area contributed by atoms with Crippen LogP contribution in [0.25, 0.3) is 0 Å². The van der Waals surface area contributed by atoms with Gasteiger partial charge in [-0.15, -0.1) is 0 Å².